The summed E-state index contributed by atoms with van der Waals surface area (Å²) in [5.41, 5.74) is 1.04. The van der Waals surface area contributed by atoms with Crippen molar-refractivity contribution in [1.29, 1.82) is 0 Å². The Morgan fingerprint density at radius 3 is 2.40 bits per heavy atom. The van der Waals surface area contributed by atoms with Crippen molar-refractivity contribution in [3.05, 3.63) is 41.5 Å². The molecule has 2 heterocycles. The summed E-state index contributed by atoms with van der Waals surface area (Å²) in [5, 5.41) is 11.6. The number of hydrogen-bond donors (Lipinski definition) is 4. The highest BCUT2D eigenvalue weighted by Crippen LogP contribution is 2.31. The Balaban J connectivity index is 1.45. The standard InChI is InChI=1S/C31H44N4O7/c1-20(33-27(36)17-24-18-32-13-14-41-24)29(38)35-26(16-22-9-11-23(40-3)12-10-22)30(39)34-25(28(37)31(2)19-42-31)15-21-7-5-4-6-8-21/h7,9-12,20,24-26,32H,4-6,8,13-19H2,1-3H3,(H,33,36)(H,34,39)(H,35,38)/t20-,24?,25-,26-,31+/m0/s1. The summed E-state index contributed by atoms with van der Waals surface area (Å²) in [6.45, 7) is 5.47. The van der Waals surface area contributed by atoms with Gasteiger partial charge in [0, 0.05) is 19.5 Å². The van der Waals surface area contributed by atoms with Crippen LogP contribution in [0.4, 0.5) is 0 Å². The van der Waals surface area contributed by atoms with Gasteiger partial charge in [0.25, 0.3) is 0 Å². The number of nitrogens with one attached hydrogen (secondary N) is 4. The number of carbonyl (C=O) groups is 4. The molecular weight excluding hydrogens is 540 g/mol. The first-order chi connectivity index (χ1) is 20.2. The monoisotopic (exact) mass is 584 g/mol. The third-order valence-electron chi connectivity index (χ3n) is 8.00. The van der Waals surface area contributed by atoms with Crippen LogP contribution in [-0.2, 0) is 35.1 Å². The van der Waals surface area contributed by atoms with Crippen LogP contribution in [0.2, 0.25) is 0 Å². The predicted molar refractivity (Wildman–Crippen MR) is 156 cm³/mol. The van der Waals surface area contributed by atoms with Crippen LogP contribution < -0.4 is 26.0 Å². The van der Waals surface area contributed by atoms with Crippen LogP contribution >= 0.6 is 0 Å². The van der Waals surface area contributed by atoms with Crippen LogP contribution in [0, 0.1) is 0 Å². The minimum absolute atomic E-state index is 0.126. The molecule has 0 bridgehead atoms. The molecule has 1 unspecified atom stereocenters. The van der Waals surface area contributed by atoms with Gasteiger partial charge in [-0.1, -0.05) is 23.8 Å². The number of morpholine rings is 1. The van der Waals surface area contributed by atoms with E-state index in [9.17, 15) is 19.2 Å². The van der Waals surface area contributed by atoms with Gasteiger partial charge in [0.15, 0.2) is 5.78 Å². The molecule has 1 aromatic rings. The molecule has 2 fully saturated rings. The quantitative estimate of drug-likeness (QED) is 0.189. The molecule has 0 saturated carbocycles. The van der Waals surface area contributed by atoms with Crippen molar-refractivity contribution in [2.24, 2.45) is 0 Å². The number of benzene rings is 1. The van der Waals surface area contributed by atoms with E-state index in [1.165, 1.54) is 0 Å². The molecule has 11 nitrogen and oxygen atoms in total. The molecule has 2 aliphatic heterocycles. The number of Topliss-reactive ketones (excluding diaryl/α,β-unsaturated/α-hetero) is 1. The molecule has 4 rings (SSSR count). The van der Waals surface area contributed by atoms with Crippen molar-refractivity contribution in [2.75, 3.05) is 33.4 Å². The summed E-state index contributed by atoms with van der Waals surface area (Å²) < 4.78 is 16.2. The zero-order valence-corrected chi connectivity index (χ0v) is 24.8. The fraction of sp³-hybridized carbons (Fsp3) is 0.613. The largest absolute Gasteiger partial charge is 0.497 e. The lowest BCUT2D eigenvalue weighted by atomic mass is 9.89. The molecule has 11 heteroatoms. The molecular formula is C31H44N4O7. The van der Waals surface area contributed by atoms with Crippen LogP contribution in [-0.4, -0.2) is 86.7 Å². The van der Waals surface area contributed by atoms with E-state index in [-0.39, 0.29) is 30.6 Å². The van der Waals surface area contributed by atoms with Crippen molar-refractivity contribution < 1.29 is 33.4 Å². The Kier molecular flexibility index (Phi) is 11.1. The molecule has 5 atom stereocenters. The lowest BCUT2D eigenvalue weighted by molar-refractivity contribution is -0.134. The SMILES string of the molecule is COc1ccc(C[C@H](NC(=O)[C@H](C)NC(=O)CC2CNCCO2)C(=O)N[C@@H](CC2=CCCCC2)C(=O)[C@@]2(C)CO2)cc1. The Hall–Kier alpha value is -3.28. The highest BCUT2D eigenvalue weighted by Gasteiger charge is 2.50. The number of rotatable bonds is 14. The minimum Gasteiger partial charge on any atom is -0.497 e. The van der Waals surface area contributed by atoms with Gasteiger partial charge in [-0.3, -0.25) is 19.2 Å². The fourth-order valence-electron chi connectivity index (χ4n) is 5.28. The van der Waals surface area contributed by atoms with E-state index in [1.807, 2.05) is 12.1 Å². The zero-order chi connectivity index (χ0) is 30.1. The van der Waals surface area contributed by atoms with Crippen molar-refractivity contribution in [3.8, 4) is 5.75 Å². The van der Waals surface area contributed by atoms with E-state index in [0.29, 0.717) is 31.9 Å². The Morgan fingerprint density at radius 2 is 1.79 bits per heavy atom. The summed E-state index contributed by atoms with van der Waals surface area (Å²) in [4.78, 5) is 52.9. The van der Waals surface area contributed by atoms with E-state index in [4.69, 9.17) is 14.2 Å². The first kappa shape index (κ1) is 31.7. The van der Waals surface area contributed by atoms with Gasteiger partial charge < -0.3 is 35.5 Å². The van der Waals surface area contributed by atoms with E-state index in [2.05, 4.69) is 27.3 Å². The molecule has 1 aliphatic carbocycles. The number of hydrogen-bond acceptors (Lipinski definition) is 8. The molecule has 4 N–H and O–H groups in total. The maximum atomic E-state index is 13.7. The number of ketones is 1. The average Bonchev–Trinajstić information content (AvgIpc) is 3.75. The van der Waals surface area contributed by atoms with Gasteiger partial charge in [0.1, 0.15) is 23.4 Å². The van der Waals surface area contributed by atoms with Crippen LogP contribution in [0.1, 0.15) is 57.9 Å². The second kappa shape index (κ2) is 14.8. The van der Waals surface area contributed by atoms with E-state index >= 15 is 0 Å². The van der Waals surface area contributed by atoms with Crippen molar-refractivity contribution >= 4 is 23.5 Å². The van der Waals surface area contributed by atoms with Crippen LogP contribution in [0.15, 0.2) is 35.9 Å². The number of methoxy groups -OCH3 is 1. The second-order valence-electron chi connectivity index (χ2n) is 11.6. The maximum absolute atomic E-state index is 13.7. The summed E-state index contributed by atoms with van der Waals surface area (Å²) in [6.07, 6.45) is 6.64. The minimum atomic E-state index is -0.986. The number of amides is 3. The summed E-state index contributed by atoms with van der Waals surface area (Å²) in [6, 6.07) is 4.57. The Bertz CT molecular complexity index is 1140. The predicted octanol–water partition coefficient (Wildman–Crippen LogP) is 1.34. The Morgan fingerprint density at radius 1 is 1.05 bits per heavy atom. The van der Waals surface area contributed by atoms with E-state index < -0.39 is 35.5 Å². The van der Waals surface area contributed by atoms with Crippen LogP contribution in [0.5, 0.6) is 5.75 Å². The fourth-order valence-corrected chi connectivity index (χ4v) is 5.28. The van der Waals surface area contributed by atoms with Crippen LogP contribution in [0.25, 0.3) is 0 Å². The number of epoxide rings is 1. The summed E-state index contributed by atoms with van der Waals surface area (Å²) >= 11 is 0. The van der Waals surface area contributed by atoms with Gasteiger partial charge in [0.2, 0.25) is 17.7 Å². The molecule has 230 valence electrons. The van der Waals surface area contributed by atoms with Gasteiger partial charge in [-0.15, -0.1) is 0 Å². The van der Waals surface area contributed by atoms with Gasteiger partial charge in [-0.2, -0.15) is 0 Å². The molecule has 0 spiro atoms. The molecule has 2 saturated heterocycles. The third-order valence-corrected chi connectivity index (χ3v) is 8.00. The van der Waals surface area contributed by atoms with Gasteiger partial charge in [0.05, 0.1) is 38.9 Å². The van der Waals surface area contributed by atoms with Crippen molar-refractivity contribution in [1.82, 2.24) is 21.3 Å². The highest BCUT2D eigenvalue weighted by atomic mass is 16.6. The van der Waals surface area contributed by atoms with E-state index in [0.717, 1.165) is 43.4 Å². The molecule has 0 radical (unpaired) electrons. The second-order valence-corrected chi connectivity index (χ2v) is 11.6. The molecule has 3 aliphatic rings. The molecule has 3 amide bonds. The van der Waals surface area contributed by atoms with Gasteiger partial charge >= 0.3 is 0 Å². The Labute approximate surface area is 247 Å². The van der Waals surface area contributed by atoms with Crippen LogP contribution in [0.3, 0.4) is 0 Å². The van der Waals surface area contributed by atoms with E-state index in [1.54, 1.807) is 33.1 Å². The lowest BCUT2D eigenvalue weighted by Crippen LogP contribution is -2.57. The smallest absolute Gasteiger partial charge is 0.243 e. The average molecular weight is 585 g/mol. The molecule has 1 aromatic carbocycles. The van der Waals surface area contributed by atoms with Gasteiger partial charge in [-0.05, 0) is 63.6 Å². The first-order valence-corrected chi connectivity index (χ1v) is 14.9. The number of allylic oxidation sites excluding steroid dienone is 1. The normalized spacial score (nSPS) is 23.9. The summed E-state index contributed by atoms with van der Waals surface area (Å²) in [5.74, 6) is -0.793. The number of carbonyl (C=O) groups excluding carboxylic acids is 4. The lowest BCUT2D eigenvalue weighted by Gasteiger charge is -2.27. The summed E-state index contributed by atoms with van der Waals surface area (Å²) in [7, 11) is 1.57. The van der Waals surface area contributed by atoms with Gasteiger partial charge in [-0.25, -0.2) is 0 Å². The number of ether oxygens (including phenoxy) is 3. The zero-order valence-electron chi connectivity index (χ0n) is 24.8. The topological polar surface area (TPSA) is 147 Å². The molecule has 42 heavy (non-hydrogen) atoms. The van der Waals surface area contributed by atoms with Crippen molar-refractivity contribution in [3.63, 3.8) is 0 Å². The molecule has 0 aromatic heterocycles. The van der Waals surface area contributed by atoms with Crippen molar-refractivity contribution in [2.45, 2.75) is 88.6 Å². The first-order valence-electron chi connectivity index (χ1n) is 14.9. The maximum Gasteiger partial charge on any atom is 0.243 e. The highest BCUT2D eigenvalue weighted by molar-refractivity contribution is 5.98. The third kappa shape index (κ3) is 9.11.